The molecule has 0 fully saturated rings. The van der Waals surface area contributed by atoms with Gasteiger partial charge in [0.15, 0.2) is 0 Å². The Morgan fingerprint density at radius 3 is 2.61 bits per heavy atom. The zero-order chi connectivity index (χ0) is 16.2. The highest BCUT2D eigenvalue weighted by atomic mass is 16.6. The number of benzene rings is 2. The van der Waals surface area contributed by atoms with Crippen LogP contribution in [-0.2, 0) is 11.3 Å². The van der Waals surface area contributed by atoms with Crippen LogP contribution >= 0.6 is 0 Å². The second-order valence-electron chi connectivity index (χ2n) is 4.72. The fourth-order valence-corrected chi connectivity index (χ4v) is 2.13. The maximum Gasteiger partial charge on any atom is 0.338 e. The summed E-state index contributed by atoms with van der Waals surface area (Å²) in [7, 11) is 0. The van der Waals surface area contributed by atoms with Gasteiger partial charge in [-0.1, -0.05) is 12.1 Å². The van der Waals surface area contributed by atoms with Crippen molar-refractivity contribution in [3.05, 3.63) is 76.1 Å². The summed E-state index contributed by atoms with van der Waals surface area (Å²) in [5.41, 5.74) is 1.82. The van der Waals surface area contributed by atoms with Crippen LogP contribution < -0.4 is 0 Å². The fraction of sp³-hybridized carbons (Fsp3) is 0.0625. The van der Waals surface area contributed by atoms with Gasteiger partial charge >= 0.3 is 5.97 Å². The maximum atomic E-state index is 12.1. The molecule has 0 saturated heterocycles. The van der Waals surface area contributed by atoms with E-state index in [9.17, 15) is 14.9 Å². The van der Waals surface area contributed by atoms with E-state index in [0.717, 1.165) is 0 Å². The van der Waals surface area contributed by atoms with Gasteiger partial charge in [0.25, 0.3) is 5.69 Å². The average Bonchev–Trinajstić information content (AvgIpc) is 2.59. The minimum Gasteiger partial charge on any atom is -0.457 e. The Hall–Kier alpha value is -3.35. The van der Waals surface area contributed by atoms with E-state index in [4.69, 9.17) is 4.74 Å². The van der Waals surface area contributed by atoms with E-state index in [1.807, 2.05) is 0 Å². The first kappa shape index (κ1) is 14.6. The minimum atomic E-state index is -0.573. The Labute approximate surface area is 130 Å². The lowest BCUT2D eigenvalue weighted by Crippen LogP contribution is -2.06. The van der Waals surface area contributed by atoms with Gasteiger partial charge in [0.2, 0.25) is 0 Å². The third-order valence-corrected chi connectivity index (χ3v) is 3.25. The number of carbonyl (C=O) groups is 1. The SMILES string of the molecule is O=C(OCc1ccccc1[N+](=O)[O-])c1ccc2nccnc2c1. The van der Waals surface area contributed by atoms with Crippen LogP contribution in [0.4, 0.5) is 5.69 Å². The predicted molar refractivity (Wildman–Crippen MR) is 81.8 cm³/mol. The molecule has 0 spiro atoms. The van der Waals surface area contributed by atoms with Gasteiger partial charge < -0.3 is 4.74 Å². The number of rotatable bonds is 4. The Balaban J connectivity index is 1.77. The van der Waals surface area contributed by atoms with Crippen molar-refractivity contribution < 1.29 is 14.5 Å². The minimum absolute atomic E-state index is 0.0790. The van der Waals surface area contributed by atoms with Crippen molar-refractivity contribution >= 4 is 22.7 Å². The lowest BCUT2D eigenvalue weighted by molar-refractivity contribution is -0.385. The highest BCUT2D eigenvalue weighted by molar-refractivity contribution is 5.93. The maximum absolute atomic E-state index is 12.1. The molecule has 1 aromatic heterocycles. The fourth-order valence-electron chi connectivity index (χ4n) is 2.13. The van der Waals surface area contributed by atoms with Crippen molar-refractivity contribution in [2.24, 2.45) is 0 Å². The number of fused-ring (bicyclic) bond motifs is 1. The van der Waals surface area contributed by atoms with E-state index in [2.05, 4.69) is 9.97 Å². The second-order valence-corrected chi connectivity index (χ2v) is 4.72. The molecule has 23 heavy (non-hydrogen) atoms. The Bertz CT molecular complexity index is 895. The quantitative estimate of drug-likeness (QED) is 0.418. The van der Waals surface area contributed by atoms with Gasteiger partial charge in [-0.05, 0) is 24.3 Å². The summed E-state index contributed by atoms with van der Waals surface area (Å²) >= 11 is 0. The van der Waals surface area contributed by atoms with E-state index in [-0.39, 0.29) is 12.3 Å². The first-order chi connectivity index (χ1) is 11.1. The molecule has 1 heterocycles. The number of nitro groups is 1. The first-order valence-electron chi connectivity index (χ1n) is 6.75. The molecule has 7 nitrogen and oxygen atoms in total. The molecule has 0 atom stereocenters. The summed E-state index contributed by atoms with van der Waals surface area (Å²) in [6.45, 7) is -0.172. The summed E-state index contributed by atoms with van der Waals surface area (Å²) in [6, 6.07) is 11.0. The lowest BCUT2D eigenvalue weighted by atomic mass is 10.2. The van der Waals surface area contributed by atoms with Gasteiger partial charge in [0.1, 0.15) is 6.61 Å². The molecule has 0 unspecified atom stereocenters. The molecule has 0 aliphatic heterocycles. The molecule has 3 aromatic rings. The summed E-state index contributed by atoms with van der Waals surface area (Å²) in [5, 5.41) is 10.9. The Kier molecular flexibility index (Phi) is 3.92. The molecule has 0 radical (unpaired) electrons. The number of hydrogen-bond acceptors (Lipinski definition) is 6. The molecule has 3 rings (SSSR count). The number of carbonyl (C=O) groups excluding carboxylic acids is 1. The zero-order valence-corrected chi connectivity index (χ0v) is 11.9. The van der Waals surface area contributed by atoms with Crippen LogP contribution in [-0.4, -0.2) is 20.9 Å². The Morgan fingerprint density at radius 2 is 1.83 bits per heavy atom. The van der Waals surface area contributed by atoms with Crippen molar-refractivity contribution in [2.75, 3.05) is 0 Å². The van der Waals surface area contributed by atoms with Crippen LogP contribution in [0.15, 0.2) is 54.9 Å². The number of esters is 1. The molecule has 0 aliphatic carbocycles. The topological polar surface area (TPSA) is 95.2 Å². The molecule has 0 bridgehead atoms. The molecular weight excluding hydrogens is 298 g/mol. The van der Waals surface area contributed by atoms with Crippen LogP contribution in [0.3, 0.4) is 0 Å². The van der Waals surface area contributed by atoms with Crippen LogP contribution in [0, 0.1) is 10.1 Å². The molecule has 0 amide bonds. The van der Waals surface area contributed by atoms with Crippen molar-refractivity contribution in [3.8, 4) is 0 Å². The number of nitro benzene ring substituents is 1. The van der Waals surface area contributed by atoms with E-state index in [1.54, 1.807) is 42.6 Å². The summed E-state index contributed by atoms with van der Waals surface area (Å²) in [4.78, 5) is 30.8. The standard InChI is InChI=1S/C16H11N3O4/c20-16(11-5-6-13-14(9-11)18-8-7-17-13)23-10-12-3-1-2-4-15(12)19(21)22/h1-9H,10H2. The number of hydrogen-bond donors (Lipinski definition) is 0. The van der Waals surface area contributed by atoms with E-state index in [1.165, 1.54) is 12.3 Å². The van der Waals surface area contributed by atoms with Crippen LogP contribution in [0.2, 0.25) is 0 Å². The number of ether oxygens (including phenoxy) is 1. The zero-order valence-electron chi connectivity index (χ0n) is 11.9. The molecular formula is C16H11N3O4. The van der Waals surface area contributed by atoms with Crippen LogP contribution in [0.1, 0.15) is 15.9 Å². The van der Waals surface area contributed by atoms with Crippen molar-refractivity contribution in [1.82, 2.24) is 9.97 Å². The van der Waals surface area contributed by atoms with Crippen molar-refractivity contribution in [3.63, 3.8) is 0 Å². The van der Waals surface area contributed by atoms with Gasteiger partial charge in [-0.3, -0.25) is 20.1 Å². The van der Waals surface area contributed by atoms with Gasteiger partial charge in [0, 0.05) is 18.5 Å². The molecule has 0 aliphatic rings. The van der Waals surface area contributed by atoms with Gasteiger partial charge in [0.05, 0.1) is 27.1 Å². The number of aromatic nitrogens is 2. The van der Waals surface area contributed by atoms with Gasteiger partial charge in [-0.25, -0.2) is 4.79 Å². The summed E-state index contributed by atoms with van der Waals surface area (Å²) in [5.74, 6) is -0.573. The molecule has 0 N–H and O–H groups in total. The molecule has 2 aromatic carbocycles. The third-order valence-electron chi connectivity index (χ3n) is 3.25. The monoisotopic (exact) mass is 309 g/mol. The van der Waals surface area contributed by atoms with Crippen molar-refractivity contribution in [2.45, 2.75) is 6.61 Å². The molecule has 0 saturated carbocycles. The summed E-state index contributed by atoms with van der Waals surface area (Å²) in [6.07, 6.45) is 3.10. The van der Waals surface area contributed by atoms with E-state index >= 15 is 0 Å². The second kappa shape index (κ2) is 6.18. The highest BCUT2D eigenvalue weighted by Gasteiger charge is 2.15. The normalized spacial score (nSPS) is 10.4. The number of para-hydroxylation sites is 1. The smallest absolute Gasteiger partial charge is 0.338 e. The molecule has 7 heteroatoms. The average molecular weight is 309 g/mol. The highest BCUT2D eigenvalue weighted by Crippen LogP contribution is 2.19. The Morgan fingerprint density at radius 1 is 1.09 bits per heavy atom. The third kappa shape index (κ3) is 3.13. The van der Waals surface area contributed by atoms with E-state index in [0.29, 0.717) is 22.2 Å². The van der Waals surface area contributed by atoms with Crippen LogP contribution in [0.5, 0.6) is 0 Å². The van der Waals surface area contributed by atoms with Gasteiger partial charge in [-0.15, -0.1) is 0 Å². The van der Waals surface area contributed by atoms with E-state index < -0.39 is 10.9 Å². The van der Waals surface area contributed by atoms with Gasteiger partial charge in [-0.2, -0.15) is 0 Å². The largest absolute Gasteiger partial charge is 0.457 e. The number of nitrogens with zero attached hydrogens (tertiary/aromatic N) is 3. The van der Waals surface area contributed by atoms with Crippen LogP contribution in [0.25, 0.3) is 11.0 Å². The molecule has 114 valence electrons. The first-order valence-corrected chi connectivity index (χ1v) is 6.75. The van der Waals surface area contributed by atoms with Crippen molar-refractivity contribution in [1.29, 1.82) is 0 Å². The summed E-state index contributed by atoms with van der Waals surface area (Å²) < 4.78 is 5.16. The lowest BCUT2D eigenvalue weighted by Gasteiger charge is -2.06. The predicted octanol–water partition coefficient (Wildman–Crippen LogP) is 2.90.